The van der Waals surface area contributed by atoms with Crippen LogP contribution in [0.1, 0.15) is 43.0 Å². The Bertz CT molecular complexity index is 2010. The molecule has 0 aliphatic carbocycles. The number of sulfonamides is 1. The molecule has 264 valence electrons. The first kappa shape index (κ1) is 36.9. The average molecular weight is 704 g/mol. The van der Waals surface area contributed by atoms with Crippen LogP contribution >= 0.6 is 0 Å². The van der Waals surface area contributed by atoms with E-state index in [1.165, 1.54) is 17.0 Å². The molecule has 8 nitrogen and oxygen atoms in total. The number of carbonyl (C=O) groups is 2. The van der Waals surface area contributed by atoms with Crippen molar-refractivity contribution in [1.82, 2.24) is 10.2 Å². The van der Waals surface area contributed by atoms with Crippen LogP contribution in [0.5, 0.6) is 11.5 Å². The van der Waals surface area contributed by atoms with Gasteiger partial charge in [-0.05, 0) is 94.3 Å². The molecule has 5 rings (SSSR count). The number of ether oxygens (including phenoxy) is 1. The topological polar surface area (TPSA) is 96.0 Å². The highest BCUT2D eigenvalue weighted by Crippen LogP contribution is 2.29. The Balaban J connectivity index is 1.57. The quantitative estimate of drug-likeness (QED) is 0.135. The molecule has 51 heavy (non-hydrogen) atoms. The van der Waals surface area contributed by atoms with E-state index in [-0.39, 0.29) is 29.5 Å². The molecular formula is C42H45N3O5S. The molecule has 9 heteroatoms. The van der Waals surface area contributed by atoms with E-state index in [9.17, 15) is 18.0 Å². The summed E-state index contributed by atoms with van der Waals surface area (Å²) in [5.74, 6) is 0.282. The number of para-hydroxylation sites is 1. The standard InChI is InChI=1S/C42H45N3O5S/c1-31-16-20-34(21-17-31)29-44(39(41(47)43-42(3,4)5)28-33-12-8-6-9-13-33)40(46)30-45(51(48,49)38-26-18-32(2)19-27-38)35-22-24-37(25-23-35)50-36-14-10-7-11-15-36/h6-27,39H,28-30H2,1-5H3,(H,43,47). The zero-order chi connectivity index (χ0) is 36.6. The minimum absolute atomic E-state index is 0.0434. The molecule has 0 bridgehead atoms. The number of anilines is 1. The summed E-state index contributed by atoms with van der Waals surface area (Å²) in [6, 6.07) is 38.7. The Hall–Kier alpha value is -5.41. The highest BCUT2D eigenvalue weighted by molar-refractivity contribution is 7.92. The Morgan fingerprint density at radius 3 is 1.78 bits per heavy atom. The smallest absolute Gasteiger partial charge is 0.264 e. The third-order valence-corrected chi connectivity index (χ3v) is 10.0. The fourth-order valence-corrected chi connectivity index (χ4v) is 6.98. The van der Waals surface area contributed by atoms with E-state index in [1.54, 1.807) is 36.4 Å². The first-order valence-electron chi connectivity index (χ1n) is 16.9. The summed E-state index contributed by atoms with van der Waals surface area (Å²) in [6.45, 7) is 9.06. The molecule has 1 N–H and O–H groups in total. The lowest BCUT2D eigenvalue weighted by atomic mass is 10.0. The number of hydrogen-bond donors (Lipinski definition) is 1. The Morgan fingerprint density at radius 1 is 0.686 bits per heavy atom. The van der Waals surface area contributed by atoms with Crippen LogP contribution in [0.3, 0.4) is 0 Å². The molecule has 0 heterocycles. The summed E-state index contributed by atoms with van der Waals surface area (Å²) in [7, 11) is -4.24. The van der Waals surface area contributed by atoms with Gasteiger partial charge in [-0.3, -0.25) is 13.9 Å². The highest BCUT2D eigenvalue weighted by Gasteiger charge is 2.35. The largest absolute Gasteiger partial charge is 0.457 e. The molecular weight excluding hydrogens is 659 g/mol. The number of hydrogen-bond acceptors (Lipinski definition) is 5. The minimum Gasteiger partial charge on any atom is -0.457 e. The van der Waals surface area contributed by atoms with E-state index >= 15 is 0 Å². The van der Waals surface area contributed by atoms with Crippen LogP contribution in [0.4, 0.5) is 5.69 Å². The SMILES string of the molecule is Cc1ccc(CN(C(=O)CN(c2ccc(Oc3ccccc3)cc2)S(=O)(=O)c2ccc(C)cc2)C(Cc2ccccc2)C(=O)NC(C)(C)C)cc1. The Kier molecular flexibility index (Phi) is 11.6. The van der Waals surface area contributed by atoms with E-state index in [1.807, 2.05) is 120 Å². The first-order valence-corrected chi connectivity index (χ1v) is 18.4. The molecule has 0 saturated carbocycles. The van der Waals surface area contributed by atoms with Crippen LogP contribution < -0.4 is 14.4 Å². The number of rotatable bonds is 13. The summed E-state index contributed by atoms with van der Waals surface area (Å²) >= 11 is 0. The van der Waals surface area contributed by atoms with Gasteiger partial charge in [0.25, 0.3) is 10.0 Å². The molecule has 1 unspecified atom stereocenters. The van der Waals surface area contributed by atoms with Crippen molar-refractivity contribution in [2.75, 3.05) is 10.8 Å². The second-order valence-corrected chi connectivity index (χ2v) is 15.5. The van der Waals surface area contributed by atoms with Crippen LogP contribution in [0.15, 0.2) is 138 Å². The van der Waals surface area contributed by atoms with Crippen LogP contribution in [0.25, 0.3) is 0 Å². The summed E-state index contributed by atoms with van der Waals surface area (Å²) in [5, 5.41) is 3.06. The lowest BCUT2D eigenvalue weighted by Crippen LogP contribution is -2.56. The summed E-state index contributed by atoms with van der Waals surface area (Å²) < 4.78 is 35.9. The van der Waals surface area contributed by atoms with Crippen molar-refractivity contribution in [1.29, 1.82) is 0 Å². The van der Waals surface area contributed by atoms with Gasteiger partial charge in [0, 0.05) is 18.5 Å². The molecule has 0 saturated heterocycles. The first-order chi connectivity index (χ1) is 24.3. The number of aryl methyl sites for hydroxylation is 2. The number of carbonyl (C=O) groups excluding carboxylic acids is 2. The van der Waals surface area contributed by atoms with E-state index < -0.39 is 34.1 Å². The van der Waals surface area contributed by atoms with E-state index in [0.29, 0.717) is 11.5 Å². The Morgan fingerprint density at radius 2 is 1.22 bits per heavy atom. The van der Waals surface area contributed by atoms with Gasteiger partial charge in [-0.15, -0.1) is 0 Å². The van der Waals surface area contributed by atoms with Crippen molar-refractivity contribution in [2.24, 2.45) is 0 Å². The zero-order valence-electron chi connectivity index (χ0n) is 29.7. The number of nitrogens with zero attached hydrogens (tertiary/aromatic N) is 2. The van der Waals surface area contributed by atoms with Gasteiger partial charge >= 0.3 is 0 Å². The van der Waals surface area contributed by atoms with Crippen LogP contribution in [0.2, 0.25) is 0 Å². The Labute approximate surface area is 301 Å². The fraction of sp³-hybridized carbons (Fsp3) is 0.238. The predicted molar refractivity (Wildman–Crippen MR) is 202 cm³/mol. The van der Waals surface area contributed by atoms with E-state index in [2.05, 4.69) is 5.32 Å². The van der Waals surface area contributed by atoms with E-state index in [4.69, 9.17) is 4.74 Å². The summed E-state index contributed by atoms with van der Waals surface area (Å²) in [5.41, 5.74) is 3.33. The molecule has 0 fully saturated rings. The third-order valence-electron chi connectivity index (χ3n) is 8.23. The maximum absolute atomic E-state index is 14.8. The third kappa shape index (κ3) is 10.1. The molecule has 0 radical (unpaired) electrons. The van der Waals surface area contributed by atoms with Gasteiger partial charge < -0.3 is 15.0 Å². The summed E-state index contributed by atoms with van der Waals surface area (Å²) in [6.07, 6.45) is 0.233. The van der Waals surface area contributed by atoms with Crippen molar-refractivity contribution >= 4 is 27.5 Å². The van der Waals surface area contributed by atoms with Gasteiger partial charge in [-0.25, -0.2) is 8.42 Å². The molecule has 0 aliphatic heterocycles. The molecule has 0 aliphatic rings. The average Bonchev–Trinajstić information content (AvgIpc) is 3.10. The molecule has 2 amide bonds. The number of amides is 2. The maximum Gasteiger partial charge on any atom is 0.264 e. The van der Waals surface area contributed by atoms with Gasteiger partial charge in [0.05, 0.1) is 10.6 Å². The highest BCUT2D eigenvalue weighted by atomic mass is 32.2. The lowest BCUT2D eigenvalue weighted by molar-refractivity contribution is -0.140. The van der Waals surface area contributed by atoms with Crippen molar-refractivity contribution in [3.05, 3.63) is 156 Å². The van der Waals surface area contributed by atoms with Crippen LogP contribution in [0, 0.1) is 13.8 Å². The normalized spacial score (nSPS) is 12.1. The van der Waals surface area contributed by atoms with Gasteiger partial charge in [-0.1, -0.05) is 96.1 Å². The molecule has 1 atom stereocenters. The monoisotopic (exact) mass is 703 g/mol. The molecule has 5 aromatic rings. The van der Waals surface area contributed by atoms with Crippen LogP contribution in [-0.2, 0) is 32.6 Å². The maximum atomic E-state index is 14.8. The van der Waals surface area contributed by atoms with Gasteiger partial charge in [-0.2, -0.15) is 0 Å². The van der Waals surface area contributed by atoms with E-state index in [0.717, 1.165) is 26.6 Å². The molecule has 0 aromatic heterocycles. The predicted octanol–water partition coefficient (Wildman–Crippen LogP) is 7.85. The van der Waals surface area contributed by atoms with Crippen LogP contribution in [-0.4, -0.2) is 43.3 Å². The van der Waals surface area contributed by atoms with Crippen molar-refractivity contribution in [3.63, 3.8) is 0 Å². The van der Waals surface area contributed by atoms with Crippen molar-refractivity contribution in [3.8, 4) is 11.5 Å². The molecule has 5 aromatic carbocycles. The lowest BCUT2D eigenvalue weighted by Gasteiger charge is -2.35. The number of benzene rings is 5. The van der Waals surface area contributed by atoms with Gasteiger partial charge in [0.15, 0.2) is 0 Å². The van der Waals surface area contributed by atoms with Gasteiger partial charge in [0.2, 0.25) is 11.8 Å². The molecule has 0 spiro atoms. The van der Waals surface area contributed by atoms with Crippen molar-refractivity contribution in [2.45, 2.75) is 64.1 Å². The van der Waals surface area contributed by atoms with Gasteiger partial charge in [0.1, 0.15) is 24.1 Å². The summed E-state index contributed by atoms with van der Waals surface area (Å²) in [4.78, 5) is 30.4. The second-order valence-electron chi connectivity index (χ2n) is 13.7. The minimum atomic E-state index is -4.24. The fourth-order valence-electron chi connectivity index (χ4n) is 5.57. The van der Waals surface area contributed by atoms with Crippen molar-refractivity contribution < 1.29 is 22.7 Å². The number of nitrogens with one attached hydrogen (secondary N) is 1. The second kappa shape index (κ2) is 16.1. The zero-order valence-corrected chi connectivity index (χ0v) is 30.6.